The van der Waals surface area contributed by atoms with E-state index in [1.54, 1.807) is 31.2 Å². The summed E-state index contributed by atoms with van der Waals surface area (Å²) in [5.41, 5.74) is 1.21. The Balaban J connectivity index is 2.00. The van der Waals surface area contributed by atoms with Crippen LogP contribution in [0.15, 0.2) is 24.3 Å². The van der Waals surface area contributed by atoms with Crippen LogP contribution in [0.4, 0.5) is 0 Å². The van der Waals surface area contributed by atoms with Gasteiger partial charge in [-0.05, 0) is 43.4 Å². The van der Waals surface area contributed by atoms with Crippen molar-refractivity contribution in [1.29, 1.82) is 5.26 Å². The van der Waals surface area contributed by atoms with Gasteiger partial charge in [-0.15, -0.1) is 0 Å². The van der Waals surface area contributed by atoms with Gasteiger partial charge in [0.25, 0.3) is 0 Å². The van der Waals surface area contributed by atoms with Gasteiger partial charge in [-0.1, -0.05) is 12.1 Å². The summed E-state index contributed by atoms with van der Waals surface area (Å²) >= 11 is 0. The zero-order valence-electron chi connectivity index (χ0n) is 12.1. The summed E-state index contributed by atoms with van der Waals surface area (Å²) in [7, 11) is -3.34. The minimum Gasteiger partial charge on any atom is -0.393 e. The molecule has 114 valence electrons. The van der Waals surface area contributed by atoms with Crippen molar-refractivity contribution in [2.24, 2.45) is 5.92 Å². The van der Waals surface area contributed by atoms with Gasteiger partial charge >= 0.3 is 0 Å². The molecule has 1 aliphatic heterocycles. The lowest BCUT2D eigenvalue weighted by Crippen LogP contribution is -2.41. The van der Waals surface area contributed by atoms with Crippen LogP contribution in [0.2, 0.25) is 0 Å². The standard InChI is InChI=1S/C15H20N2O3S/c1-12(18)15-6-8-17(9-7-15)21(19,20)11-14-4-2-13(10-16)3-5-14/h2-5,12,15,18H,6-9,11H2,1H3. The maximum Gasteiger partial charge on any atom is 0.218 e. The molecule has 1 aliphatic rings. The molecule has 1 N–H and O–H groups in total. The van der Waals surface area contributed by atoms with Crippen LogP contribution < -0.4 is 0 Å². The van der Waals surface area contributed by atoms with Crippen molar-refractivity contribution in [1.82, 2.24) is 4.31 Å². The average molecular weight is 308 g/mol. The third-order valence-electron chi connectivity index (χ3n) is 4.01. The number of sulfonamides is 1. The minimum atomic E-state index is -3.34. The predicted octanol–water partition coefficient (Wildman–Crippen LogP) is 1.48. The van der Waals surface area contributed by atoms with E-state index in [0.29, 0.717) is 37.1 Å². The van der Waals surface area contributed by atoms with E-state index in [0.717, 1.165) is 0 Å². The summed E-state index contributed by atoms with van der Waals surface area (Å²) < 4.78 is 26.3. The van der Waals surface area contributed by atoms with Crippen LogP contribution in [0.3, 0.4) is 0 Å². The van der Waals surface area contributed by atoms with Crippen LogP contribution in [0.25, 0.3) is 0 Å². The molecule has 0 radical (unpaired) electrons. The van der Waals surface area contributed by atoms with Crippen molar-refractivity contribution < 1.29 is 13.5 Å². The molecule has 0 aliphatic carbocycles. The quantitative estimate of drug-likeness (QED) is 0.913. The van der Waals surface area contributed by atoms with Crippen molar-refractivity contribution >= 4 is 10.0 Å². The number of hydrogen-bond acceptors (Lipinski definition) is 4. The molecule has 0 spiro atoms. The lowest BCUT2D eigenvalue weighted by Gasteiger charge is -2.32. The maximum absolute atomic E-state index is 12.4. The van der Waals surface area contributed by atoms with Gasteiger partial charge in [0.2, 0.25) is 10.0 Å². The predicted molar refractivity (Wildman–Crippen MR) is 79.8 cm³/mol. The molecule has 1 atom stereocenters. The summed E-state index contributed by atoms with van der Waals surface area (Å²) in [5, 5.41) is 18.3. The molecular weight excluding hydrogens is 288 g/mol. The van der Waals surface area contributed by atoms with Gasteiger partial charge in [-0.3, -0.25) is 0 Å². The second-order valence-corrected chi connectivity index (χ2v) is 7.51. The van der Waals surface area contributed by atoms with E-state index in [1.807, 2.05) is 6.07 Å². The van der Waals surface area contributed by atoms with Crippen molar-refractivity contribution in [2.45, 2.75) is 31.6 Å². The zero-order valence-corrected chi connectivity index (χ0v) is 12.9. The van der Waals surface area contributed by atoms with E-state index in [9.17, 15) is 13.5 Å². The summed E-state index contributed by atoms with van der Waals surface area (Å²) in [6, 6.07) is 8.63. The molecule has 0 amide bonds. The first-order chi connectivity index (χ1) is 9.92. The SMILES string of the molecule is CC(O)C1CCN(S(=O)(=O)Cc2ccc(C#N)cc2)CC1. The lowest BCUT2D eigenvalue weighted by atomic mass is 9.93. The summed E-state index contributed by atoms with van der Waals surface area (Å²) in [5.74, 6) is 0.143. The van der Waals surface area contributed by atoms with Gasteiger partial charge in [-0.25, -0.2) is 12.7 Å². The van der Waals surface area contributed by atoms with Crippen molar-refractivity contribution in [2.75, 3.05) is 13.1 Å². The first kappa shape index (κ1) is 16.0. The Bertz CT molecular complexity index is 609. The Kier molecular flexibility index (Phi) is 4.99. The fourth-order valence-electron chi connectivity index (χ4n) is 2.61. The number of nitrogens with zero attached hydrogens (tertiary/aromatic N) is 2. The zero-order chi connectivity index (χ0) is 15.5. The topological polar surface area (TPSA) is 81.4 Å². The molecule has 6 heteroatoms. The molecule has 21 heavy (non-hydrogen) atoms. The molecule has 1 heterocycles. The largest absolute Gasteiger partial charge is 0.393 e. The van der Waals surface area contributed by atoms with Gasteiger partial charge in [-0.2, -0.15) is 5.26 Å². The normalized spacial score (nSPS) is 19.1. The van der Waals surface area contributed by atoms with Crippen LogP contribution in [0, 0.1) is 17.2 Å². The number of rotatable bonds is 4. The van der Waals surface area contributed by atoms with Crippen molar-refractivity contribution in [3.05, 3.63) is 35.4 Å². The first-order valence-corrected chi connectivity index (χ1v) is 8.68. The highest BCUT2D eigenvalue weighted by Gasteiger charge is 2.29. The fraction of sp³-hybridized carbons (Fsp3) is 0.533. The van der Waals surface area contributed by atoms with E-state index in [2.05, 4.69) is 0 Å². The molecule has 2 rings (SSSR count). The first-order valence-electron chi connectivity index (χ1n) is 7.07. The number of piperidine rings is 1. The van der Waals surface area contributed by atoms with Crippen molar-refractivity contribution in [3.63, 3.8) is 0 Å². The van der Waals surface area contributed by atoms with Gasteiger partial charge in [0, 0.05) is 13.1 Å². The number of benzene rings is 1. The number of nitriles is 1. The molecule has 0 bridgehead atoms. The van der Waals surface area contributed by atoms with E-state index >= 15 is 0 Å². The number of aliphatic hydroxyl groups excluding tert-OH is 1. The van der Waals surface area contributed by atoms with Crippen LogP contribution in [-0.4, -0.2) is 37.0 Å². The minimum absolute atomic E-state index is 0.0436. The third-order valence-corrected chi connectivity index (χ3v) is 5.86. The molecule has 1 saturated heterocycles. The maximum atomic E-state index is 12.4. The second-order valence-electron chi connectivity index (χ2n) is 5.54. The Hall–Kier alpha value is -1.42. The Morgan fingerprint density at radius 3 is 2.38 bits per heavy atom. The van der Waals surface area contributed by atoms with Crippen LogP contribution in [-0.2, 0) is 15.8 Å². The van der Waals surface area contributed by atoms with Crippen molar-refractivity contribution in [3.8, 4) is 6.07 Å². The summed E-state index contributed by atoms with van der Waals surface area (Å²) in [6.45, 7) is 2.69. The van der Waals surface area contributed by atoms with Gasteiger partial charge in [0.15, 0.2) is 0 Å². The van der Waals surface area contributed by atoms with Crippen LogP contribution >= 0.6 is 0 Å². The Labute approximate surface area is 125 Å². The Morgan fingerprint density at radius 1 is 1.33 bits per heavy atom. The molecule has 1 fully saturated rings. The molecule has 1 aromatic carbocycles. The highest BCUT2D eigenvalue weighted by Crippen LogP contribution is 2.23. The molecule has 5 nitrogen and oxygen atoms in total. The van der Waals surface area contributed by atoms with Crippen LogP contribution in [0.5, 0.6) is 0 Å². The smallest absolute Gasteiger partial charge is 0.218 e. The van der Waals surface area contributed by atoms with Gasteiger partial charge in [0.1, 0.15) is 0 Å². The molecule has 1 unspecified atom stereocenters. The third kappa shape index (κ3) is 4.03. The monoisotopic (exact) mass is 308 g/mol. The fourth-order valence-corrected chi connectivity index (χ4v) is 4.18. The lowest BCUT2D eigenvalue weighted by molar-refractivity contribution is 0.0912. The number of aliphatic hydroxyl groups is 1. The second kappa shape index (κ2) is 6.56. The molecule has 0 saturated carbocycles. The molecular formula is C15H20N2O3S. The van der Waals surface area contributed by atoms with Crippen LogP contribution in [0.1, 0.15) is 30.9 Å². The average Bonchev–Trinajstić information content (AvgIpc) is 2.48. The van der Waals surface area contributed by atoms with E-state index in [4.69, 9.17) is 5.26 Å². The Morgan fingerprint density at radius 2 is 1.90 bits per heavy atom. The van der Waals surface area contributed by atoms with Gasteiger partial charge < -0.3 is 5.11 Å². The highest BCUT2D eigenvalue weighted by atomic mass is 32.2. The summed E-state index contributed by atoms with van der Waals surface area (Å²) in [4.78, 5) is 0. The summed E-state index contributed by atoms with van der Waals surface area (Å²) in [6.07, 6.45) is 1.02. The molecule has 0 aromatic heterocycles. The van der Waals surface area contributed by atoms with E-state index in [-0.39, 0.29) is 17.8 Å². The van der Waals surface area contributed by atoms with Gasteiger partial charge in [0.05, 0.1) is 23.5 Å². The van der Waals surface area contributed by atoms with E-state index in [1.165, 1.54) is 4.31 Å². The van der Waals surface area contributed by atoms with E-state index < -0.39 is 10.0 Å². The molecule has 1 aromatic rings. The highest BCUT2D eigenvalue weighted by molar-refractivity contribution is 7.88. The number of hydrogen-bond donors (Lipinski definition) is 1.